The number of hydrogen-bond donors (Lipinski definition) is 2. The molecule has 5 nitrogen and oxygen atoms in total. The van der Waals surface area contributed by atoms with Crippen LogP contribution in [0.4, 0.5) is 0 Å². The summed E-state index contributed by atoms with van der Waals surface area (Å²) in [5.74, 6) is 0.630. The van der Waals surface area contributed by atoms with Crippen molar-refractivity contribution in [2.45, 2.75) is 13.0 Å². The zero-order valence-electron chi connectivity index (χ0n) is 11.7. The van der Waals surface area contributed by atoms with Crippen LogP contribution in [0.5, 0.6) is 0 Å². The third-order valence-electron chi connectivity index (χ3n) is 3.31. The molecule has 0 aliphatic carbocycles. The van der Waals surface area contributed by atoms with Crippen LogP contribution in [0.1, 0.15) is 29.1 Å². The molecule has 0 bridgehead atoms. The van der Waals surface area contributed by atoms with Crippen LogP contribution in [-0.2, 0) is 0 Å². The van der Waals surface area contributed by atoms with Crippen molar-refractivity contribution in [1.29, 1.82) is 0 Å². The molecule has 106 valence electrons. The Kier molecular flexibility index (Phi) is 3.55. The highest BCUT2D eigenvalue weighted by molar-refractivity contribution is 5.94. The zero-order chi connectivity index (χ0) is 14.7. The van der Waals surface area contributed by atoms with Crippen molar-refractivity contribution in [3.8, 4) is 5.69 Å². The molecule has 0 fully saturated rings. The highest BCUT2D eigenvalue weighted by Gasteiger charge is 2.12. The van der Waals surface area contributed by atoms with Gasteiger partial charge >= 0.3 is 0 Å². The Morgan fingerprint density at radius 3 is 2.57 bits per heavy atom. The molecule has 1 atom stereocenters. The fraction of sp³-hybridized carbons (Fsp3) is 0.125. The average Bonchev–Trinajstić information content (AvgIpc) is 3.20. The molecule has 3 aromatic rings. The summed E-state index contributed by atoms with van der Waals surface area (Å²) in [4.78, 5) is 19.3. The van der Waals surface area contributed by atoms with E-state index in [1.54, 1.807) is 12.4 Å². The topological polar surface area (TPSA) is 62.7 Å². The fourth-order valence-electron chi connectivity index (χ4n) is 2.15. The summed E-state index contributed by atoms with van der Waals surface area (Å²) >= 11 is 0. The summed E-state index contributed by atoms with van der Waals surface area (Å²) in [6.45, 7) is 1.89. The Morgan fingerprint density at radius 2 is 1.95 bits per heavy atom. The SMILES string of the molecule is CC(NC(=O)c1ccc(-n2cccc2)cc1)c1ncc[nH]1. The Hall–Kier alpha value is -2.82. The van der Waals surface area contributed by atoms with Gasteiger partial charge in [0.15, 0.2) is 0 Å². The standard InChI is InChI=1S/C16H16N4O/c1-12(15-17-8-9-18-15)19-16(21)13-4-6-14(7-5-13)20-10-2-3-11-20/h2-12H,1H3,(H,17,18)(H,19,21). The number of carbonyl (C=O) groups is 1. The number of H-pyrrole nitrogens is 1. The second kappa shape index (κ2) is 5.66. The molecule has 2 N–H and O–H groups in total. The van der Waals surface area contributed by atoms with Crippen molar-refractivity contribution < 1.29 is 4.79 Å². The van der Waals surface area contributed by atoms with Gasteiger partial charge in [0.2, 0.25) is 0 Å². The van der Waals surface area contributed by atoms with Crippen molar-refractivity contribution >= 4 is 5.91 Å². The van der Waals surface area contributed by atoms with Crippen molar-refractivity contribution in [2.24, 2.45) is 0 Å². The molecule has 3 rings (SSSR count). The first-order valence-corrected chi connectivity index (χ1v) is 6.77. The van der Waals surface area contributed by atoms with E-state index in [4.69, 9.17) is 0 Å². The van der Waals surface area contributed by atoms with Crippen molar-refractivity contribution in [3.05, 3.63) is 72.6 Å². The van der Waals surface area contributed by atoms with Gasteiger partial charge in [0.05, 0.1) is 6.04 Å². The van der Waals surface area contributed by atoms with Crippen LogP contribution in [0, 0.1) is 0 Å². The number of benzene rings is 1. The van der Waals surface area contributed by atoms with Gasteiger partial charge in [-0.15, -0.1) is 0 Å². The van der Waals surface area contributed by atoms with Crippen molar-refractivity contribution in [3.63, 3.8) is 0 Å². The summed E-state index contributed by atoms with van der Waals surface area (Å²) in [6, 6.07) is 11.3. The van der Waals surface area contributed by atoms with Gasteiger partial charge in [0, 0.05) is 36.0 Å². The largest absolute Gasteiger partial charge is 0.347 e. The molecule has 21 heavy (non-hydrogen) atoms. The van der Waals surface area contributed by atoms with Crippen LogP contribution in [0.25, 0.3) is 5.69 Å². The molecule has 0 saturated heterocycles. The number of aromatic nitrogens is 3. The number of nitrogens with zero attached hydrogens (tertiary/aromatic N) is 2. The van der Waals surface area contributed by atoms with E-state index >= 15 is 0 Å². The minimum absolute atomic E-state index is 0.113. The molecule has 0 aliphatic rings. The molecule has 0 saturated carbocycles. The van der Waals surface area contributed by atoms with Gasteiger partial charge in [-0.25, -0.2) is 4.98 Å². The van der Waals surface area contributed by atoms with Crippen molar-refractivity contribution in [1.82, 2.24) is 19.9 Å². The molecule has 0 radical (unpaired) electrons. The highest BCUT2D eigenvalue weighted by Crippen LogP contribution is 2.12. The van der Waals surface area contributed by atoms with E-state index in [0.29, 0.717) is 5.56 Å². The van der Waals surface area contributed by atoms with Gasteiger partial charge in [-0.2, -0.15) is 0 Å². The molecular formula is C16H16N4O. The smallest absolute Gasteiger partial charge is 0.251 e. The summed E-state index contributed by atoms with van der Waals surface area (Å²) in [5, 5.41) is 2.91. The molecule has 1 unspecified atom stereocenters. The number of aromatic amines is 1. The Morgan fingerprint density at radius 1 is 1.24 bits per heavy atom. The van der Waals surface area contributed by atoms with E-state index < -0.39 is 0 Å². The van der Waals surface area contributed by atoms with Gasteiger partial charge in [-0.05, 0) is 43.3 Å². The lowest BCUT2D eigenvalue weighted by atomic mass is 10.2. The highest BCUT2D eigenvalue weighted by atomic mass is 16.1. The van der Waals surface area contributed by atoms with Gasteiger partial charge in [-0.3, -0.25) is 4.79 Å². The van der Waals surface area contributed by atoms with Gasteiger partial charge in [-0.1, -0.05) is 0 Å². The van der Waals surface area contributed by atoms with E-state index in [-0.39, 0.29) is 11.9 Å². The molecule has 1 amide bonds. The average molecular weight is 280 g/mol. The fourth-order valence-corrected chi connectivity index (χ4v) is 2.15. The number of imidazole rings is 1. The lowest BCUT2D eigenvalue weighted by Crippen LogP contribution is -2.27. The van der Waals surface area contributed by atoms with Gasteiger partial charge in [0.25, 0.3) is 5.91 Å². The minimum atomic E-state index is -0.156. The normalized spacial score (nSPS) is 12.0. The molecule has 0 spiro atoms. The molecule has 5 heteroatoms. The number of nitrogens with one attached hydrogen (secondary N) is 2. The maximum atomic E-state index is 12.2. The van der Waals surface area contributed by atoms with Crippen LogP contribution in [0.15, 0.2) is 61.2 Å². The van der Waals surface area contributed by atoms with E-state index in [2.05, 4.69) is 15.3 Å². The first kappa shape index (κ1) is 13.2. The number of rotatable bonds is 4. The quantitative estimate of drug-likeness (QED) is 0.771. The summed E-state index contributed by atoms with van der Waals surface area (Å²) in [7, 11) is 0. The Labute approximate surface area is 122 Å². The van der Waals surface area contributed by atoms with Crippen LogP contribution in [0.2, 0.25) is 0 Å². The minimum Gasteiger partial charge on any atom is -0.347 e. The summed E-state index contributed by atoms with van der Waals surface area (Å²) in [5.41, 5.74) is 1.65. The monoisotopic (exact) mass is 280 g/mol. The van der Waals surface area contributed by atoms with Gasteiger partial charge in [0.1, 0.15) is 5.82 Å². The second-order valence-corrected chi connectivity index (χ2v) is 4.81. The van der Waals surface area contributed by atoms with Crippen LogP contribution in [0.3, 0.4) is 0 Å². The molecule has 0 aliphatic heterocycles. The predicted molar refractivity (Wildman–Crippen MR) is 80.2 cm³/mol. The molecule has 1 aromatic carbocycles. The molecule has 2 heterocycles. The van der Waals surface area contributed by atoms with E-state index in [0.717, 1.165) is 11.5 Å². The first-order chi connectivity index (χ1) is 10.2. The predicted octanol–water partition coefficient (Wildman–Crippen LogP) is 2.69. The third-order valence-corrected chi connectivity index (χ3v) is 3.31. The lowest BCUT2D eigenvalue weighted by Gasteiger charge is -2.12. The number of carbonyl (C=O) groups excluding carboxylic acids is 1. The van der Waals surface area contributed by atoms with Crippen LogP contribution >= 0.6 is 0 Å². The van der Waals surface area contributed by atoms with Gasteiger partial charge < -0.3 is 14.9 Å². The zero-order valence-corrected chi connectivity index (χ0v) is 11.7. The van der Waals surface area contributed by atoms with E-state index in [1.165, 1.54) is 0 Å². The molecular weight excluding hydrogens is 264 g/mol. The summed E-state index contributed by atoms with van der Waals surface area (Å²) < 4.78 is 1.99. The summed E-state index contributed by atoms with van der Waals surface area (Å²) in [6.07, 6.45) is 7.34. The van der Waals surface area contributed by atoms with Crippen molar-refractivity contribution in [2.75, 3.05) is 0 Å². The Bertz CT molecular complexity index is 699. The third kappa shape index (κ3) is 2.86. The second-order valence-electron chi connectivity index (χ2n) is 4.81. The molecule has 2 aromatic heterocycles. The Balaban J connectivity index is 1.70. The maximum Gasteiger partial charge on any atom is 0.251 e. The first-order valence-electron chi connectivity index (χ1n) is 6.77. The van der Waals surface area contributed by atoms with Crippen LogP contribution < -0.4 is 5.32 Å². The van der Waals surface area contributed by atoms with E-state index in [1.807, 2.05) is 60.3 Å². The van der Waals surface area contributed by atoms with Crippen LogP contribution in [-0.4, -0.2) is 20.4 Å². The lowest BCUT2D eigenvalue weighted by molar-refractivity contribution is 0.0938. The number of amides is 1. The maximum absolute atomic E-state index is 12.2. The van der Waals surface area contributed by atoms with E-state index in [9.17, 15) is 4.79 Å². The number of hydrogen-bond acceptors (Lipinski definition) is 2.